The SMILES string of the molecule is CCNC(C1CCCCC1)C1CC2CCC1O2. The highest BCUT2D eigenvalue weighted by Gasteiger charge is 2.45. The summed E-state index contributed by atoms with van der Waals surface area (Å²) in [4.78, 5) is 0. The predicted octanol–water partition coefficient (Wildman–Crippen LogP) is 3.11. The first-order valence-corrected chi connectivity index (χ1v) is 7.77. The predicted molar refractivity (Wildman–Crippen MR) is 70.0 cm³/mol. The summed E-state index contributed by atoms with van der Waals surface area (Å²) in [7, 11) is 0. The van der Waals surface area contributed by atoms with Crippen molar-refractivity contribution in [2.45, 2.75) is 76.5 Å². The molecule has 0 radical (unpaired) electrons. The minimum atomic E-state index is 0.589. The number of ether oxygens (including phenoxy) is 1. The number of hydrogen-bond donors (Lipinski definition) is 1. The van der Waals surface area contributed by atoms with E-state index < -0.39 is 0 Å². The van der Waals surface area contributed by atoms with Gasteiger partial charge >= 0.3 is 0 Å². The third-order valence-electron chi connectivity index (χ3n) is 5.21. The number of fused-ring (bicyclic) bond motifs is 2. The molecule has 1 N–H and O–H groups in total. The molecular weight excluding hydrogens is 210 g/mol. The average molecular weight is 237 g/mol. The Kier molecular flexibility index (Phi) is 3.72. The Hall–Kier alpha value is -0.0800. The Bertz CT molecular complexity index is 249. The molecule has 0 aromatic heterocycles. The minimum Gasteiger partial charge on any atom is -0.375 e. The molecule has 4 atom stereocenters. The maximum absolute atomic E-state index is 6.06. The van der Waals surface area contributed by atoms with Crippen LogP contribution in [0.3, 0.4) is 0 Å². The van der Waals surface area contributed by atoms with E-state index in [1.807, 2.05) is 0 Å². The maximum Gasteiger partial charge on any atom is 0.0623 e. The first-order chi connectivity index (χ1) is 8.38. The monoisotopic (exact) mass is 237 g/mol. The largest absolute Gasteiger partial charge is 0.375 e. The lowest BCUT2D eigenvalue weighted by molar-refractivity contribution is 0.0759. The molecule has 0 aromatic rings. The lowest BCUT2D eigenvalue weighted by Crippen LogP contribution is -2.46. The van der Waals surface area contributed by atoms with E-state index >= 15 is 0 Å². The van der Waals surface area contributed by atoms with Crippen LogP contribution in [0, 0.1) is 11.8 Å². The molecule has 0 amide bonds. The highest BCUT2D eigenvalue weighted by Crippen LogP contribution is 2.43. The molecule has 2 heteroatoms. The average Bonchev–Trinajstić information content (AvgIpc) is 2.99. The number of nitrogens with one attached hydrogen (secondary N) is 1. The van der Waals surface area contributed by atoms with E-state index in [0.29, 0.717) is 12.2 Å². The molecule has 1 aliphatic carbocycles. The Morgan fingerprint density at radius 3 is 2.53 bits per heavy atom. The van der Waals surface area contributed by atoms with Gasteiger partial charge in [-0.05, 0) is 44.6 Å². The van der Waals surface area contributed by atoms with Crippen molar-refractivity contribution in [1.29, 1.82) is 0 Å². The van der Waals surface area contributed by atoms with Crippen molar-refractivity contribution in [3.63, 3.8) is 0 Å². The third-order valence-corrected chi connectivity index (χ3v) is 5.21. The molecule has 0 spiro atoms. The van der Waals surface area contributed by atoms with Crippen molar-refractivity contribution in [3.05, 3.63) is 0 Å². The smallest absolute Gasteiger partial charge is 0.0623 e. The molecule has 3 fully saturated rings. The Balaban J connectivity index is 1.66. The lowest BCUT2D eigenvalue weighted by atomic mass is 9.73. The van der Waals surface area contributed by atoms with Crippen LogP contribution in [0.25, 0.3) is 0 Å². The fraction of sp³-hybridized carbons (Fsp3) is 1.00. The molecule has 2 aliphatic heterocycles. The lowest BCUT2D eigenvalue weighted by Gasteiger charge is -2.37. The van der Waals surface area contributed by atoms with E-state index in [1.165, 1.54) is 51.4 Å². The standard InChI is InChI=1S/C15H27NO/c1-2-16-15(11-6-4-3-5-7-11)13-10-12-8-9-14(13)17-12/h11-16H,2-10H2,1H3. The molecule has 1 saturated carbocycles. The summed E-state index contributed by atoms with van der Waals surface area (Å²) >= 11 is 0. The van der Waals surface area contributed by atoms with Gasteiger partial charge in [-0.15, -0.1) is 0 Å². The molecular formula is C15H27NO. The van der Waals surface area contributed by atoms with Crippen molar-refractivity contribution < 1.29 is 4.74 Å². The van der Waals surface area contributed by atoms with E-state index in [0.717, 1.165) is 24.4 Å². The molecule has 4 unspecified atom stereocenters. The van der Waals surface area contributed by atoms with Crippen LogP contribution in [0.15, 0.2) is 0 Å². The highest BCUT2D eigenvalue weighted by molar-refractivity contribution is 4.97. The summed E-state index contributed by atoms with van der Waals surface area (Å²) < 4.78 is 6.06. The zero-order valence-corrected chi connectivity index (χ0v) is 11.2. The summed E-state index contributed by atoms with van der Waals surface area (Å²) in [5.41, 5.74) is 0. The molecule has 0 aromatic carbocycles. The van der Waals surface area contributed by atoms with Gasteiger partial charge in [0.05, 0.1) is 12.2 Å². The first-order valence-electron chi connectivity index (χ1n) is 7.77. The van der Waals surface area contributed by atoms with Gasteiger partial charge in [-0.1, -0.05) is 26.2 Å². The van der Waals surface area contributed by atoms with Crippen LogP contribution < -0.4 is 5.32 Å². The molecule has 17 heavy (non-hydrogen) atoms. The van der Waals surface area contributed by atoms with Crippen LogP contribution >= 0.6 is 0 Å². The first kappa shape index (κ1) is 12.0. The van der Waals surface area contributed by atoms with Gasteiger partial charge in [-0.25, -0.2) is 0 Å². The normalized spacial score (nSPS) is 39.7. The van der Waals surface area contributed by atoms with Gasteiger partial charge < -0.3 is 10.1 Å². The van der Waals surface area contributed by atoms with Crippen LogP contribution in [0.1, 0.15) is 58.3 Å². The van der Waals surface area contributed by atoms with Crippen molar-refractivity contribution in [2.75, 3.05) is 6.54 Å². The molecule has 2 bridgehead atoms. The van der Waals surface area contributed by atoms with E-state index in [9.17, 15) is 0 Å². The fourth-order valence-corrected chi connectivity index (χ4v) is 4.45. The van der Waals surface area contributed by atoms with Gasteiger partial charge in [-0.2, -0.15) is 0 Å². The van der Waals surface area contributed by atoms with Gasteiger partial charge in [0.1, 0.15) is 0 Å². The molecule has 2 nitrogen and oxygen atoms in total. The van der Waals surface area contributed by atoms with Crippen molar-refractivity contribution in [2.24, 2.45) is 11.8 Å². The number of hydrogen-bond acceptors (Lipinski definition) is 2. The quantitative estimate of drug-likeness (QED) is 0.811. The molecule has 2 saturated heterocycles. The van der Waals surface area contributed by atoms with Crippen molar-refractivity contribution >= 4 is 0 Å². The highest BCUT2D eigenvalue weighted by atomic mass is 16.5. The molecule has 3 aliphatic rings. The Labute approximate surface area is 105 Å². The fourth-order valence-electron chi connectivity index (χ4n) is 4.45. The van der Waals surface area contributed by atoms with E-state index in [2.05, 4.69) is 12.2 Å². The second-order valence-electron chi connectivity index (χ2n) is 6.26. The van der Waals surface area contributed by atoms with Crippen LogP contribution in [-0.4, -0.2) is 24.8 Å². The van der Waals surface area contributed by atoms with Crippen molar-refractivity contribution in [3.8, 4) is 0 Å². The Morgan fingerprint density at radius 2 is 1.94 bits per heavy atom. The summed E-state index contributed by atoms with van der Waals surface area (Å²) in [6, 6.07) is 0.746. The van der Waals surface area contributed by atoms with Crippen LogP contribution in [0.2, 0.25) is 0 Å². The maximum atomic E-state index is 6.06. The van der Waals surface area contributed by atoms with Crippen molar-refractivity contribution in [1.82, 2.24) is 5.32 Å². The van der Waals surface area contributed by atoms with E-state index in [-0.39, 0.29) is 0 Å². The summed E-state index contributed by atoms with van der Waals surface area (Å²) in [5, 5.41) is 3.80. The zero-order valence-electron chi connectivity index (χ0n) is 11.2. The minimum absolute atomic E-state index is 0.589. The van der Waals surface area contributed by atoms with Crippen LogP contribution in [-0.2, 0) is 4.74 Å². The molecule has 98 valence electrons. The number of rotatable bonds is 4. The summed E-state index contributed by atoms with van der Waals surface area (Å²) in [6.07, 6.45) is 12.4. The van der Waals surface area contributed by atoms with E-state index in [4.69, 9.17) is 4.74 Å². The third kappa shape index (κ3) is 2.39. The topological polar surface area (TPSA) is 21.3 Å². The Morgan fingerprint density at radius 1 is 1.12 bits per heavy atom. The van der Waals surface area contributed by atoms with Gasteiger partial charge in [-0.3, -0.25) is 0 Å². The van der Waals surface area contributed by atoms with Gasteiger partial charge in [0.15, 0.2) is 0 Å². The molecule has 2 heterocycles. The second kappa shape index (κ2) is 5.27. The zero-order chi connectivity index (χ0) is 11.7. The summed E-state index contributed by atoms with van der Waals surface area (Å²) in [5.74, 6) is 1.74. The van der Waals surface area contributed by atoms with Gasteiger partial charge in [0.25, 0.3) is 0 Å². The summed E-state index contributed by atoms with van der Waals surface area (Å²) in [6.45, 7) is 3.37. The van der Waals surface area contributed by atoms with E-state index in [1.54, 1.807) is 0 Å². The van der Waals surface area contributed by atoms with Gasteiger partial charge in [0.2, 0.25) is 0 Å². The second-order valence-corrected chi connectivity index (χ2v) is 6.26. The van der Waals surface area contributed by atoms with Gasteiger partial charge in [0, 0.05) is 12.0 Å². The molecule has 3 rings (SSSR count). The van der Waals surface area contributed by atoms with Crippen LogP contribution in [0.4, 0.5) is 0 Å². The van der Waals surface area contributed by atoms with Crippen LogP contribution in [0.5, 0.6) is 0 Å².